The summed E-state index contributed by atoms with van der Waals surface area (Å²) in [6.45, 7) is 0. The predicted molar refractivity (Wildman–Crippen MR) is 36.9 cm³/mol. The van der Waals surface area contributed by atoms with Gasteiger partial charge in [-0.15, -0.1) is 0 Å². The molecule has 0 aromatic carbocycles. The van der Waals surface area contributed by atoms with E-state index in [2.05, 4.69) is 24.3 Å². The van der Waals surface area contributed by atoms with Crippen molar-refractivity contribution in [1.29, 1.82) is 0 Å². The molecule has 9 heavy (non-hydrogen) atoms. The SMILES string of the molecule is C1=CC2C=CC1C21CC1. The Bertz CT molecular complexity index is 174. The molecule has 0 heteroatoms. The summed E-state index contributed by atoms with van der Waals surface area (Å²) in [5.74, 6) is 1.67. The molecule has 46 valence electrons. The minimum atomic E-state index is 0.750. The van der Waals surface area contributed by atoms with Gasteiger partial charge in [0.2, 0.25) is 0 Å². The molecule has 0 unspecified atom stereocenters. The Balaban J connectivity index is 2.15. The van der Waals surface area contributed by atoms with E-state index in [1.54, 1.807) is 0 Å². The molecule has 0 aliphatic heterocycles. The van der Waals surface area contributed by atoms with Gasteiger partial charge in [0.1, 0.15) is 0 Å². The third-order valence-electron chi connectivity index (χ3n) is 3.21. The summed E-state index contributed by atoms with van der Waals surface area (Å²) in [5, 5.41) is 0. The van der Waals surface area contributed by atoms with Crippen molar-refractivity contribution in [2.45, 2.75) is 12.8 Å². The Morgan fingerprint density at radius 2 is 1.33 bits per heavy atom. The van der Waals surface area contributed by atoms with Crippen LogP contribution in [-0.4, -0.2) is 0 Å². The molecule has 0 nitrogen and oxygen atoms in total. The average Bonchev–Trinajstić information content (AvgIpc) is 2.53. The van der Waals surface area contributed by atoms with Crippen LogP contribution in [0.5, 0.6) is 0 Å². The Hall–Kier alpha value is -0.520. The molecular weight excluding hydrogens is 108 g/mol. The van der Waals surface area contributed by atoms with Crippen molar-refractivity contribution in [3.8, 4) is 0 Å². The lowest BCUT2D eigenvalue weighted by Crippen LogP contribution is -2.07. The highest BCUT2D eigenvalue weighted by Gasteiger charge is 2.56. The molecule has 0 amide bonds. The van der Waals surface area contributed by atoms with Crippen molar-refractivity contribution in [2.24, 2.45) is 17.3 Å². The van der Waals surface area contributed by atoms with E-state index in [1.807, 2.05) is 0 Å². The lowest BCUT2D eigenvalue weighted by atomic mass is 9.92. The Labute approximate surface area is 55.3 Å². The van der Waals surface area contributed by atoms with Crippen LogP contribution in [0.4, 0.5) is 0 Å². The first kappa shape index (κ1) is 4.32. The van der Waals surface area contributed by atoms with E-state index in [4.69, 9.17) is 0 Å². The summed E-state index contributed by atoms with van der Waals surface area (Å²) in [6, 6.07) is 0. The van der Waals surface area contributed by atoms with Gasteiger partial charge in [-0.1, -0.05) is 24.3 Å². The predicted octanol–water partition coefficient (Wildman–Crippen LogP) is 2.14. The number of allylic oxidation sites excluding steroid dienone is 4. The normalized spacial score (nSPS) is 47.1. The van der Waals surface area contributed by atoms with Crippen LogP contribution in [0.25, 0.3) is 0 Å². The molecule has 0 heterocycles. The van der Waals surface area contributed by atoms with E-state index < -0.39 is 0 Å². The van der Waals surface area contributed by atoms with Crippen LogP contribution in [-0.2, 0) is 0 Å². The van der Waals surface area contributed by atoms with Crippen molar-refractivity contribution >= 4 is 0 Å². The second kappa shape index (κ2) is 1.03. The van der Waals surface area contributed by atoms with Crippen LogP contribution in [0.1, 0.15) is 12.8 Å². The molecule has 0 aromatic rings. The van der Waals surface area contributed by atoms with Gasteiger partial charge in [-0.25, -0.2) is 0 Å². The molecule has 3 aliphatic carbocycles. The summed E-state index contributed by atoms with van der Waals surface area (Å²) >= 11 is 0. The average molecular weight is 118 g/mol. The largest absolute Gasteiger partial charge is 0.0804 e. The molecule has 0 aromatic heterocycles. The highest BCUT2D eigenvalue weighted by Crippen LogP contribution is 2.65. The molecular formula is C9H10. The fourth-order valence-electron chi connectivity index (χ4n) is 2.41. The topological polar surface area (TPSA) is 0 Å². The van der Waals surface area contributed by atoms with Gasteiger partial charge >= 0.3 is 0 Å². The maximum absolute atomic E-state index is 2.39. The molecule has 1 saturated carbocycles. The fourth-order valence-corrected chi connectivity index (χ4v) is 2.41. The summed E-state index contributed by atoms with van der Waals surface area (Å²) in [7, 11) is 0. The van der Waals surface area contributed by atoms with E-state index in [-0.39, 0.29) is 0 Å². The number of rotatable bonds is 0. The summed E-state index contributed by atoms with van der Waals surface area (Å²) in [4.78, 5) is 0. The molecule has 3 rings (SSSR count). The van der Waals surface area contributed by atoms with Gasteiger partial charge in [0, 0.05) is 11.8 Å². The molecule has 0 N–H and O–H groups in total. The van der Waals surface area contributed by atoms with Crippen molar-refractivity contribution in [1.82, 2.24) is 0 Å². The van der Waals surface area contributed by atoms with E-state index in [9.17, 15) is 0 Å². The standard InChI is InChI=1S/C9H10/c1-2-8-4-3-7(1)9(8)5-6-9/h1-4,7-8H,5-6H2. The molecule has 0 atom stereocenters. The molecule has 1 fully saturated rings. The van der Waals surface area contributed by atoms with Gasteiger partial charge in [0.05, 0.1) is 0 Å². The smallest absolute Gasteiger partial charge is 0.00121 e. The second-order valence-electron chi connectivity index (χ2n) is 3.55. The minimum Gasteiger partial charge on any atom is -0.0804 e. The second-order valence-corrected chi connectivity index (χ2v) is 3.55. The maximum atomic E-state index is 2.39. The van der Waals surface area contributed by atoms with Crippen LogP contribution < -0.4 is 0 Å². The Morgan fingerprint density at radius 1 is 0.889 bits per heavy atom. The zero-order valence-corrected chi connectivity index (χ0v) is 5.38. The van der Waals surface area contributed by atoms with Crippen molar-refractivity contribution in [2.75, 3.05) is 0 Å². The van der Waals surface area contributed by atoms with Gasteiger partial charge in [0.15, 0.2) is 0 Å². The lowest BCUT2D eigenvalue weighted by molar-refractivity contribution is 0.430. The summed E-state index contributed by atoms with van der Waals surface area (Å²) < 4.78 is 0. The van der Waals surface area contributed by atoms with Gasteiger partial charge < -0.3 is 0 Å². The first-order valence-electron chi connectivity index (χ1n) is 3.78. The maximum Gasteiger partial charge on any atom is 0.00121 e. The van der Waals surface area contributed by atoms with Gasteiger partial charge in [-0.2, -0.15) is 0 Å². The first-order valence-corrected chi connectivity index (χ1v) is 3.78. The molecule has 1 spiro atoms. The zero-order chi connectivity index (χ0) is 5.90. The van der Waals surface area contributed by atoms with Crippen molar-refractivity contribution < 1.29 is 0 Å². The Kier molecular flexibility index (Phi) is 0.493. The van der Waals surface area contributed by atoms with Crippen LogP contribution >= 0.6 is 0 Å². The molecule has 0 saturated heterocycles. The molecule has 0 radical (unpaired) electrons. The fraction of sp³-hybridized carbons (Fsp3) is 0.556. The van der Waals surface area contributed by atoms with Gasteiger partial charge in [0.25, 0.3) is 0 Å². The molecule has 2 bridgehead atoms. The van der Waals surface area contributed by atoms with Crippen LogP contribution in [0, 0.1) is 17.3 Å². The first-order chi connectivity index (χ1) is 4.42. The Morgan fingerprint density at radius 3 is 1.56 bits per heavy atom. The van der Waals surface area contributed by atoms with Crippen LogP contribution in [0.15, 0.2) is 24.3 Å². The van der Waals surface area contributed by atoms with E-state index >= 15 is 0 Å². The highest BCUT2D eigenvalue weighted by atomic mass is 14.6. The van der Waals surface area contributed by atoms with E-state index in [1.165, 1.54) is 12.8 Å². The van der Waals surface area contributed by atoms with Crippen molar-refractivity contribution in [3.63, 3.8) is 0 Å². The number of hydrogen-bond donors (Lipinski definition) is 0. The monoisotopic (exact) mass is 118 g/mol. The van der Waals surface area contributed by atoms with Crippen LogP contribution in [0.3, 0.4) is 0 Å². The third kappa shape index (κ3) is 0.320. The van der Waals surface area contributed by atoms with Crippen LogP contribution in [0.2, 0.25) is 0 Å². The lowest BCUT2D eigenvalue weighted by Gasteiger charge is -2.11. The van der Waals surface area contributed by atoms with E-state index in [0.717, 1.165) is 17.3 Å². The zero-order valence-electron chi connectivity index (χ0n) is 5.38. The number of hydrogen-bond acceptors (Lipinski definition) is 0. The summed E-state index contributed by atoms with van der Waals surface area (Å²) in [5.41, 5.74) is 0.750. The third-order valence-corrected chi connectivity index (χ3v) is 3.21. The summed E-state index contributed by atoms with van der Waals surface area (Å²) in [6.07, 6.45) is 12.5. The highest BCUT2D eigenvalue weighted by molar-refractivity contribution is 5.34. The van der Waals surface area contributed by atoms with Crippen molar-refractivity contribution in [3.05, 3.63) is 24.3 Å². The van der Waals surface area contributed by atoms with E-state index in [0.29, 0.717) is 0 Å². The van der Waals surface area contributed by atoms with Gasteiger partial charge in [-0.3, -0.25) is 0 Å². The minimum absolute atomic E-state index is 0.750. The van der Waals surface area contributed by atoms with Gasteiger partial charge in [-0.05, 0) is 18.3 Å². The quantitative estimate of drug-likeness (QED) is 0.427. The molecule has 3 aliphatic rings.